The summed E-state index contributed by atoms with van der Waals surface area (Å²) < 4.78 is 4.62. The number of anilines is 1. The van der Waals surface area contributed by atoms with Gasteiger partial charge in [-0.05, 0) is 18.3 Å². The van der Waals surface area contributed by atoms with Gasteiger partial charge in [-0.3, -0.25) is 9.59 Å². The summed E-state index contributed by atoms with van der Waals surface area (Å²) in [5.41, 5.74) is 0.455. The zero-order valence-corrected chi connectivity index (χ0v) is 9.45. The fraction of sp³-hybridized carbons (Fsp3) is 0.417. The Morgan fingerprint density at radius 2 is 2.06 bits per heavy atom. The molecular formula is C12H12N2O4. The number of carbonyl (C=O) groups excluding carboxylic acids is 1. The second kappa shape index (κ2) is 3.97. The van der Waals surface area contributed by atoms with Gasteiger partial charge in [-0.25, -0.2) is 0 Å². The van der Waals surface area contributed by atoms with E-state index < -0.39 is 17.8 Å². The van der Waals surface area contributed by atoms with E-state index in [1.165, 1.54) is 12.5 Å². The molecule has 94 valence electrons. The lowest BCUT2D eigenvalue weighted by Gasteiger charge is -2.23. The highest BCUT2D eigenvalue weighted by molar-refractivity contribution is 5.96. The molecule has 3 rings (SSSR count). The predicted octanol–water partition coefficient (Wildman–Crippen LogP) is 1.14. The second-order valence-electron chi connectivity index (χ2n) is 4.74. The summed E-state index contributed by atoms with van der Waals surface area (Å²) in [4.78, 5) is 23.4. The van der Waals surface area contributed by atoms with Crippen LogP contribution in [-0.4, -0.2) is 22.1 Å². The van der Waals surface area contributed by atoms with E-state index in [-0.39, 0.29) is 17.7 Å². The second-order valence-corrected chi connectivity index (χ2v) is 4.74. The number of carboxylic acid groups (broad SMARTS) is 1. The fourth-order valence-electron chi connectivity index (χ4n) is 3.01. The number of hydrogen-bond donors (Lipinski definition) is 2. The van der Waals surface area contributed by atoms with Gasteiger partial charge in [-0.2, -0.15) is 0 Å². The van der Waals surface area contributed by atoms with Crippen LogP contribution in [0.4, 0.5) is 5.69 Å². The van der Waals surface area contributed by atoms with Crippen LogP contribution >= 0.6 is 0 Å². The Kier molecular flexibility index (Phi) is 2.43. The number of aliphatic carboxylic acids is 1. The third-order valence-corrected chi connectivity index (χ3v) is 3.75. The highest BCUT2D eigenvalue weighted by Gasteiger charge is 2.51. The Bertz CT molecular complexity index is 508. The lowest BCUT2D eigenvalue weighted by Crippen LogP contribution is -2.36. The molecule has 1 amide bonds. The van der Waals surface area contributed by atoms with E-state index in [1.54, 1.807) is 0 Å². The van der Waals surface area contributed by atoms with Gasteiger partial charge in [0.25, 0.3) is 0 Å². The number of amides is 1. The highest BCUT2D eigenvalue weighted by Crippen LogP contribution is 2.48. The minimum absolute atomic E-state index is 0.0225. The minimum Gasteiger partial charge on any atom is -0.481 e. The van der Waals surface area contributed by atoms with Crippen LogP contribution in [0.5, 0.6) is 0 Å². The summed E-state index contributed by atoms with van der Waals surface area (Å²) in [7, 11) is 0. The molecule has 0 spiro atoms. The van der Waals surface area contributed by atoms with E-state index in [9.17, 15) is 14.7 Å². The molecule has 4 unspecified atom stereocenters. The quantitative estimate of drug-likeness (QED) is 0.782. The summed E-state index contributed by atoms with van der Waals surface area (Å²) >= 11 is 0. The summed E-state index contributed by atoms with van der Waals surface area (Å²) in [6.07, 6.45) is 7.31. The molecule has 2 N–H and O–H groups in total. The van der Waals surface area contributed by atoms with E-state index in [1.807, 2.05) is 12.2 Å². The molecule has 2 aliphatic carbocycles. The highest BCUT2D eigenvalue weighted by atomic mass is 16.5. The minimum atomic E-state index is -0.905. The van der Waals surface area contributed by atoms with Crippen LogP contribution in [0.15, 0.2) is 29.1 Å². The van der Waals surface area contributed by atoms with Gasteiger partial charge in [0.2, 0.25) is 5.91 Å². The average molecular weight is 248 g/mol. The molecule has 1 saturated carbocycles. The normalized spacial score (nSPS) is 32.7. The molecule has 1 aromatic heterocycles. The van der Waals surface area contributed by atoms with Crippen LogP contribution in [0.2, 0.25) is 0 Å². The van der Waals surface area contributed by atoms with E-state index in [0.717, 1.165) is 6.42 Å². The molecule has 6 nitrogen and oxygen atoms in total. The first-order chi connectivity index (χ1) is 8.66. The monoisotopic (exact) mass is 248 g/mol. The van der Waals surface area contributed by atoms with Crippen LogP contribution in [0.1, 0.15) is 6.42 Å². The Morgan fingerprint density at radius 3 is 2.67 bits per heavy atom. The van der Waals surface area contributed by atoms with E-state index in [2.05, 4.69) is 15.0 Å². The SMILES string of the molecule is O=C(O)C1C2C=CC(C2)C1C(=O)Nc1cnoc1. The molecule has 2 bridgehead atoms. The maximum absolute atomic E-state index is 12.1. The molecule has 0 aromatic carbocycles. The van der Waals surface area contributed by atoms with Crippen molar-refractivity contribution in [1.82, 2.24) is 5.16 Å². The molecule has 0 radical (unpaired) electrons. The third-order valence-electron chi connectivity index (χ3n) is 3.75. The van der Waals surface area contributed by atoms with E-state index in [4.69, 9.17) is 0 Å². The van der Waals surface area contributed by atoms with Crippen molar-refractivity contribution in [3.05, 3.63) is 24.6 Å². The van der Waals surface area contributed by atoms with Crippen molar-refractivity contribution < 1.29 is 19.2 Å². The molecule has 0 saturated heterocycles. The van der Waals surface area contributed by atoms with Gasteiger partial charge in [-0.1, -0.05) is 17.3 Å². The van der Waals surface area contributed by atoms with Gasteiger partial charge in [0.15, 0.2) is 0 Å². The summed E-state index contributed by atoms with van der Waals surface area (Å²) in [6.45, 7) is 0. The van der Waals surface area contributed by atoms with Crippen molar-refractivity contribution >= 4 is 17.6 Å². The van der Waals surface area contributed by atoms with Crippen molar-refractivity contribution in [2.24, 2.45) is 23.7 Å². The number of fused-ring (bicyclic) bond motifs is 2. The van der Waals surface area contributed by atoms with Gasteiger partial charge in [0.05, 0.1) is 18.0 Å². The Labute approximate surface area is 103 Å². The smallest absolute Gasteiger partial charge is 0.307 e. The molecule has 2 aliphatic rings. The number of aromatic nitrogens is 1. The van der Waals surface area contributed by atoms with Crippen LogP contribution in [0.3, 0.4) is 0 Å². The van der Waals surface area contributed by atoms with Gasteiger partial charge in [0, 0.05) is 0 Å². The van der Waals surface area contributed by atoms with E-state index in [0.29, 0.717) is 5.69 Å². The summed E-state index contributed by atoms with van der Waals surface area (Å²) in [6, 6.07) is 0. The maximum atomic E-state index is 12.1. The maximum Gasteiger partial charge on any atom is 0.307 e. The zero-order chi connectivity index (χ0) is 12.7. The number of nitrogens with one attached hydrogen (secondary N) is 1. The molecule has 1 fully saturated rings. The third kappa shape index (κ3) is 1.61. The standard InChI is InChI=1S/C12H12N2O4/c15-11(14-8-4-13-18-5-8)9-6-1-2-7(3-6)10(9)12(16)17/h1-2,4-7,9-10H,3H2,(H,14,15)(H,16,17). The van der Waals surface area contributed by atoms with Gasteiger partial charge < -0.3 is 14.9 Å². The number of nitrogens with zero attached hydrogens (tertiary/aromatic N) is 1. The lowest BCUT2D eigenvalue weighted by molar-refractivity contribution is -0.146. The average Bonchev–Trinajstić information content (AvgIpc) is 3.03. The zero-order valence-electron chi connectivity index (χ0n) is 9.45. The van der Waals surface area contributed by atoms with Gasteiger partial charge >= 0.3 is 5.97 Å². The summed E-state index contributed by atoms with van der Waals surface area (Å²) in [5.74, 6) is -2.31. The van der Waals surface area contributed by atoms with Crippen molar-refractivity contribution in [3.8, 4) is 0 Å². The molecule has 1 heterocycles. The first kappa shape index (κ1) is 11.0. The van der Waals surface area contributed by atoms with E-state index >= 15 is 0 Å². The number of carbonyl (C=O) groups is 2. The Morgan fingerprint density at radius 1 is 1.33 bits per heavy atom. The Balaban J connectivity index is 1.80. The van der Waals surface area contributed by atoms with Crippen molar-refractivity contribution in [1.29, 1.82) is 0 Å². The van der Waals surface area contributed by atoms with Crippen molar-refractivity contribution in [3.63, 3.8) is 0 Å². The predicted molar refractivity (Wildman–Crippen MR) is 60.5 cm³/mol. The van der Waals surface area contributed by atoms with Crippen LogP contribution in [0.25, 0.3) is 0 Å². The van der Waals surface area contributed by atoms with Crippen LogP contribution in [-0.2, 0) is 9.59 Å². The summed E-state index contributed by atoms with van der Waals surface area (Å²) in [5, 5.41) is 15.4. The first-order valence-corrected chi connectivity index (χ1v) is 5.78. The van der Waals surface area contributed by atoms with Crippen LogP contribution in [0, 0.1) is 23.7 Å². The van der Waals surface area contributed by atoms with Gasteiger partial charge in [0.1, 0.15) is 12.0 Å². The van der Waals surface area contributed by atoms with Crippen molar-refractivity contribution in [2.45, 2.75) is 6.42 Å². The number of allylic oxidation sites excluding steroid dienone is 2. The Hall–Kier alpha value is -2.11. The largest absolute Gasteiger partial charge is 0.481 e. The first-order valence-electron chi connectivity index (χ1n) is 5.78. The molecule has 18 heavy (non-hydrogen) atoms. The van der Waals surface area contributed by atoms with Crippen molar-refractivity contribution in [2.75, 3.05) is 5.32 Å². The van der Waals surface area contributed by atoms with Crippen LogP contribution < -0.4 is 5.32 Å². The molecule has 1 aromatic rings. The topological polar surface area (TPSA) is 92.4 Å². The molecule has 0 aliphatic heterocycles. The molecular weight excluding hydrogens is 236 g/mol. The molecule has 4 atom stereocenters. The lowest BCUT2D eigenvalue weighted by atomic mass is 9.82. The number of rotatable bonds is 3. The fourth-order valence-corrected chi connectivity index (χ4v) is 3.01. The molecule has 6 heteroatoms. The number of carboxylic acids is 1. The van der Waals surface area contributed by atoms with Gasteiger partial charge in [-0.15, -0.1) is 0 Å². The number of hydrogen-bond acceptors (Lipinski definition) is 4.